The Kier molecular flexibility index (Phi) is 7.43. The topological polar surface area (TPSA) is 149 Å². The lowest BCUT2D eigenvalue weighted by Crippen LogP contribution is -2.23. The molecule has 208 valence electrons. The normalized spacial score (nSPS) is 17.1. The minimum Gasteiger partial charge on any atom is -0.480 e. The van der Waals surface area contributed by atoms with Crippen molar-refractivity contribution in [2.24, 2.45) is 11.7 Å². The predicted octanol–water partition coefficient (Wildman–Crippen LogP) is 4.50. The standard InChI is InChI=1S/C26H23ClF2N6O4S/c1-39-25-21(10-16(27)12-31-25)40(37,38)35-20-7-5-18(28)22(23(20)29)13-3-6-19-15(8-13)11-32-26(34-19)33-17-4-2-14(9-17)24(30)36/h3,5-8,10-12,14,17,35H,2,4,9H2,1H3,(H2,30,36)(H,32,33,34)/t14-,17-/m1/s1. The van der Waals surface area contributed by atoms with Crippen LogP contribution in [0.5, 0.6) is 5.88 Å². The quantitative estimate of drug-likeness (QED) is 0.272. The van der Waals surface area contributed by atoms with Crippen molar-refractivity contribution in [1.29, 1.82) is 0 Å². The van der Waals surface area contributed by atoms with Crippen LogP contribution >= 0.6 is 11.6 Å². The van der Waals surface area contributed by atoms with Gasteiger partial charge in [-0.2, -0.15) is 0 Å². The Bertz CT molecular complexity index is 1740. The van der Waals surface area contributed by atoms with E-state index in [1.807, 2.05) is 0 Å². The minimum atomic E-state index is -4.41. The molecule has 0 radical (unpaired) electrons. The Balaban J connectivity index is 1.43. The van der Waals surface area contributed by atoms with Crippen molar-refractivity contribution in [3.63, 3.8) is 0 Å². The zero-order chi connectivity index (χ0) is 28.6. The van der Waals surface area contributed by atoms with E-state index < -0.39 is 37.8 Å². The van der Waals surface area contributed by atoms with Crippen LogP contribution in [0, 0.1) is 17.6 Å². The molecule has 1 aliphatic rings. The van der Waals surface area contributed by atoms with Crippen LogP contribution in [0.4, 0.5) is 20.4 Å². The number of nitrogens with one attached hydrogen (secondary N) is 2. The van der Waals surface area contributed by atoms with E-state index in [0.29, 0.717) is 29.7 Å². The number of pyridine rings is 1. The van der Waals surface area contributed by atoms with Gasteiger partial charge in [-0.1, -0.05) is 17.7 Å². The molecule has 5 rings (SSSR count). The Morgan fingerprint density at radius 1 is 1.12 bits per heavy atom. The molecule has 2 aromatic carbocycles. The summed E-state index contributed by atoms with van der Waals surface area (Å²) in [6.45, 7) is 0. The fourth-order valence-corrected chi connectivity index (χ4v) is 6.09. The fourth-order valence-electron chi connectivity index (χ4n) is 4.66. The highest BCUT2D eigenvalue weighted by atomic mass is 35.5. The Hall–Kier alpha value is -4.10. The number of nitrogens with two attached hydrogens (primary N) is 1. The van der Waals surface area contributed by atoms with Crippen molar-refractivity contribution >= 4 is 50.1 Å². The van der Waals surface area contributed by atoms with Gasteiger partial charge >= 0.3 is 0 Å². The van der Waals surface area contributed by atoms with Gasteiger partial charge in [0.2, 0.25) is 17.7 Å². The van der Waals surface area contributed by atoms with Gasteiger partial charge in [-0.15, -0.1) is 0 Å². The highest BCUT2D eigenvalue weighted by Gasteiger charge is 2.29. The number of fused-ring (bicyclic) bond motifs is 1. The minimum absolute atomic E-state index is 0.00611. The number of carbonyl (C=O) groups is 1. The number of hydrogen-bond acceptors (Lipinski definition) is 8. The van der Waals surface area contributed by atoms with E-state index >= 15 is 4.39 Å². The van der Waals surface area contributed by atoms with E-state index in [0.717, 1.165) is 24.6 Å². The molecule has 1 saturated carbocycles. The molecule has 10 nitrogen and oxygen atoms in total. The molecular formula is C26H23ClF2N6O4S. The van der Waals surface area contributed by atoms with Gasteiger partial charge in [0.05, 0.1) is 28.9 Å². The summed E-state index contributed by atoms with van der Waals surface area (Å²) in [7, 11) is -3.18. The molecule has 2 atom stereocenters. The Morgan fingerprint density at radius 3 is 2.65 bits per heavy atom. The van der Waals surface area contributed by atoms with Gasteiger partial charge in [0.15, 0.2) is 10.7 Å². The smallest absolute Gasteiger partial charge is 0.267 e. The van der Waals surface area contributed by atoms with E-state index in [2.05, 4.69) is 25.0 Å². The first-order valence-electron chi connectivity index (χ1n) is 12.1. The number of primary amides is 1. The highest BCUT2D eigenvalue weighted by Crippen LogP contribution is 2.34. The van der Waals surface area contributed by atoms with Gasteiger partial charge < -0.3 is 15.8 Å². The van der Waals surface area contributed by atoms with E-state index in [9.17, 15) is 17.6 Å². The first-order chi connectivity index (χ1) is 19.1. The Morgan fingerprint density at radius 2 is 1.93 bits per heavy atom. The maximum Gasteiger partial charge on any atom is 0.267 e. The summed E-state index contributed by atoms with van der Waals surface area (Å²) in [5.74, 6) is -2.42. The van der Waals surface area contributed by atoms with Gasteiger partial charge in [-0.05, 0) is 55.2 Å². The summed E-state index contributed by atoms with van der Waals surface area (Å²) in [4.78, 5) is 23.6. The molecule has 1 fully saturated rings. The maximum absolute atomic E-state index is 15.6. The van der Waals surface area contributed by atoms with Gasteiger partial charge in [0.1, 0.15) is 5.82 Å². The number of carbonyl (C=O) groups excluding carboxylic acids is 1. The molecular weight excluding hydrogens is 566 g/mol. The molecule has 2 heterocycles. The lowest BCUT2D eigenvalue weighted by atomic mass is 10.0. The second kappa shape index (κ2) is 10.8. The number of nitrogens with zero attached hydrogens (tertiary/aromatic N) is 3. The van der Waals surface area contributed by atoms with Crippen LogP contribution in [0.25, 0.3) is 22.0 Å². The fraction of sp³-hybridized carbons (Fsp3) is 0.231. The van der Waals surface area contributed by atoms with Crippen LogP contribution in [0.1, 0.15) is 19.3 Å². The molecule has 4 aromatic rings. The Labute approximate surface area is 233 Å². The zero-order valence-electron chi connectivity index (χ0n) is 21.0. The molecule has 0 bridgehead atoms. The molecule has 0 unspecified atom stereocenters. The highest BCUT2D eigenvalue weighted by molar-refractivity contribution is 7.92. The van der Waals surface area contributed by atoms with Crippen LogP contribution in [0.15, 0.2) is 53.7 Å². The zero-order valence-corrected chi connectivity index (χ0v) is 22.6. The number of sulfonamides is 1. The molecule has 4 N–H and O–H groups in total. The lowest BCUT2D eigenvalue weighted by molar-refractivity contribution is -0.121. The van der Waals surface area contributed by atoms with Gasteiger partial charge in [-0.25, -0.2) is 32.2 Å². The van der Waals surface area contributed by atoms with E-state index in [1.165, 1.54) is 31.6 Å². The van der Waals surface area contributed by atoms with Crippen molar-refractivity contribution in [3.8, 4) is 17.0 Å². The molecule has 1 amide bonds. The summed E-state index contributed by atoms with van der Waals surface area (Å²) in [6.07, 6.45) is 4.75. The number of halogens is 3. The third-order valence-corrected chi connectivity index (χ3v) is 8.21. The second-order valence-corrected chi connectivity index (χ2v) is 11.4. The third-order valence-electron chi connectivity index (χ3n) is 6.64. The molecule has 14 heteroatoms. The average molecular weight is 589 g/mol. The number of hydrogen-bond donors (Lipinski definition) is 3. The summed E-state index contributed by atoms with van der Waals surface area (Å²) >= 11 is 5.89. The SMILES string of the molecule is COc1ncc(Cl)cc1S(=O)(=O)Nc1ccc(F)c(-c2ccc3nc(N[C@@H]4CC[C@@H](C(N)=O)C4)ncc3c2)c1F. The second-order valence-electron chi connectivity index (χ2n) is 9.27. The molecule has 0 spiro atoms. The molecule has 0 saturated heterocycles. The van der Waals surface area contributed by atoms with Crippen LogP contribution in [0.3, 0.4) is 0 Å². The van der Waals surface area contributed by atoms with E-state index in [4.69, 9.17) is 22.1 Å². The summed E-state index contributed by atoms with van der Waals surface area (Å²) < 4.78 is 63.6. The van der Waals surface area contributed by atoms with Gasteiger partial charge in [0.25, 0.3) is 10.0 Å². The van der Waals surface area contributed by atoms with Crippen molar-refractivity contribution in [3.05, 3.63) is 65.4 Å². The largest absolute Gasteiger partial charge is 0.480 e. The number of aromatic nitrogens is 3. The van der Waals surface area contributed by atoms with Crippen molar-refractivity contribution in [1.82, 2.24) is 15.0 Å². The summed E-state index contributed by atoms with van der Waals surface area (Å²) in [5.41, 5.74) is 5.14. The molecule has 2 aromatic heterocycles. The van der Waals surface area contributed by atoms with Crippen molar-refractivity contribution in [2.45, 2.75) is 30.2 Å². The van der Waals surface area contributed by atoms with Gasteiger partial charge in [-0.3, -0.25) is 9.52 Å². The average Bonchev–Trinajstić information content (AvgIpc) is 3.39. The third kappa shape index (κ3) is 5.47. The summed E-state index contributed by atoms with van der Waals surface area (Å²) in [6, 6.07) is 7.60. The number of benzene rings is 2. The van der Waals surface area contributed by atoms with Crippen molar-refractivity contribution < 1.29 is 26.7 Å². The molecule has 1 aliphatic carbocycles. The summed E-state index contributed by atoms with van der Waals surface area (Å²) in [5, 5.41) is 3.73. The van der Waals surface area contributed by atoms with Crippen LogP contribution in [-0.2, 0) is 14.8 Å². The lowest BCUT2D eigenvalue weighted by Gasteiger charge is -2.15. The first-order valence-corrected chi connectivity index (χ1v) is 13.9. The monoisotopic (exact) mass is 588 g/mol. The van der Waals surface area contributed by atoms with Crippen LogP contribution in [0.2, 0.25) is 5.02 Å². The first kappa shape index (κ1) is 27.5. The molecule has 0 aliphatic heterocycles. The van der Waals surface area contributed by atoms with Crippen LogP contribution in [-0.4, -0.2) is 42.4 Å². The van der Waals surface area contributed by atoms with Crippen molar-refractivity contribution in [2.75, 3.05) is 17.1 Å². The number of ether oxygens (including phenoxy) is 1. The predicted molar refractivity (Wildman–Crippen MR) is 145 cm³/mol. The maximum atomic E-state index is 15.6. The number of amides is 1. The van der Waals surface area contributed by atoms with E-state index in [1.54, 1.807) is 6.07 Å². The number of anilines is 2. The molecule has 40 heavy (non-hydrogen) atoms. The van der Waals surface area contributed by atoms with Gasteiger partial charge in [0, 0.05) is 29.7 Å². The van der Waals surface area contributed by atoms with Crippen LogP contribution < -0.4 is 20.5 Å². The number of methoxy groups -OCH3 is 1. The number of rotatable bonds is 8. The van der Waals surface area contributed by atoms with E-state index in [-0.39, 0.29) is 34.3 Å².